The van der Waals surface area contributed by atoms with Gasteiger partial charge in [-0.05, 0) is 37.2 Å². The summed E-state index contributed by atoms with van der Waals surface area (Å²) >= 11 is 3.19. The van der Waals surface area contributed by atoms with Gasteiger partial charge in [0.2, 0.25) is 0 Å². The molecule has 0 bridgehead atoms. The molecule has 0 radical (unpaired) electrons. The topological polar surface area (TPSA) is 26.3 Å². The number of rotatable bonds is 1. The van der Waals surface area contributed by atoms with Gasteiger partial charge in [0.25, 0.3) is 0 Å². The molecule has 0 unspecified atom stereocenters. The molecule has 1 aliphatic carbocycles. The summed E-state index contributed by atoms with van der Waals surface area (Å²) in [6.07, 6.45) is -2.70. The molecule has 110 valence electrons. The minimum Gasteiger partial charge on any atom is -0.469 e. The second-order valence-electron chi connectivity index (χ2n) is 5.06. The number of thioether (sulfide) groups is 2. The third kappa shape index (κ3) is 3.54. The van der Waals surface area contributed by atoms with E-state index in [-0.39, 0.29) is 12.8 Å². The van der Waals surface area contributed by atoms with Gasteiger partial charge in [-0.25, -0.2) is 0 Å². The fourth-order valence-electron chi connectivity index (χ4n) is 2.79. The van der Waals surface area contributed by atoms with Crippen LogP contribution in [0, 0.1) is 11.8 Å². The van der Waals surface area contributed by atoms with Crippen LogP contribution >= 0.6 is 23.5 Å². The van der Waals surface area contributed by atoms with Crippen molar-refractivity contribution >= 4 is 29.5 Å². The molecule has 2 aliphatic rings. The van der Waals surface area contributed by atoms with Crippen molar-refractivity contribution in [1.29, 1.82) is 0 Å². The van der Waals surface area contributed by atoms with Gasteiger partial charge in [0.15, 0.2) is 0 Å². The number of carbonyl (C=O) groups excluding carboxylic acids is 1. The lowest BCUT2D eigenvalue weighted by atomic mass is 9.80. The first-order valence-electron chi connectivity index (χ1n) is 6.29. The van der Waals surface area contributed by atoms with Gasteiger partial charge in [-0.3, -0.25) is 4.79 Å². The molecule has 1 saturated carbocycles. The van der Waals surface area contributed by atoms with Crippen molar-refractivity contribution in [3.8, 4) is 0 Å². The van der Waals surface area contributed by atoms with Crippen LogP contribution in [0.25, 0.3) is 0 Å². The molecular formula is C12H17F3O2S2. The average Bonchev–Trinajstić information content (AvgIpc) is 2.37. The van der Waals surface area contributed by atoms with Gasteiger partial charge in [-0.15, -0.1) is 23.5 Å². The summed E-state index contributed by atoms with van der Waals surface area (Å²) in [6, 6.07) is 0. The lowest BCUT2D eigenvalue weighted by Gasteiger charge is -2.45. The molecule has 1 saturated heterocycles. The lowest BCUT2D eigenvalue weighted by Crippen LogP contribution is -2.43. The molecule has 0 amide bonds. The number of methoxy groups -OCH3 is 1. The Kier molecular flexibility index (Phi) is 4.65. The molecular weight excluding hydrogens is 297 g/mol. The van der Waals surface area contributed by atoms with Gasteiger partial charge in [0.1, 0.15) is 0 Å². The van der Waals surface area contributed by atoms with Crippen LogP contribution in [0.4, 0.5) is 13.2 Å². The predicted molar refractivity (Wildman–Crippen MR) is 71.2 cm³/mol. The first-order chi connectivity index (χ1) is 8.86. The van der Waals surface area contributed by atoms with Gasteiger partial charge >= 0.3 is 12.1 Å². The second kappa shape index (κ2) is 5.76. The van der Waals surface area contributed by atoms with Crippen LogP contribution < -0.4 is 0 Å². The Morgan fingerprint density at radius 2 is 1.89 bits per heavy atom. The molecule has 2 atom stereocenters. The van der Waals surface area contributed by atoms with Crippen molar-refractivity contribution in [2.24, 2.45) is 11.8 Å². The monoisotopic (exact) mass is 314 g/mol. The van der Waals surface area contributed by atoms with Crippen LogP contribution in [0.1, 0.15) is 25.7 Å². The fraction of sp³-hybridized carbons (Fsp3) is 0.917. The Morgan fingerprint density at radius 1 is 1.26 bits per heavy atom. The van der Waals surface area contributed by atoms with Crippen LogP contribution in [0.3, 0.4) is 0 Å². The minimum atomic E-state index is -4.22. The zero-order chi connectivity index (χ0) is 14.1. The van der Waals surface area contributed by atoms with E-state index >= 15 is 0 Å². The molecule has 2 fully saturated rings. The third-order valence-corrected chi connectivity index (χ3v) is 7.11. The van der Waals surface area contributed by atoms with Crippen LogP contribution in [0.2, 0.25) is 0 Å². The van der Waals surface area contributed by atoms with E-state index in [4.69, 9.17) is 0 Å². The minimum absolute atomic E-state index is 0.124. The standard InChI is InChI=1S/C12H17F3O2S2/c1-17-10(16)8-5-9(12(13,14)15)7-11(6-8)18-3-2-4-19-11/h8-9H,2-7H2,1H3/t8-,9-/m0/s1. The molecule has 0 aromatic rings. The van der Waals surface area contributed by atoms with E-state index in [9.17, 15) is 18.0 Å². The van der Waals surface area contributed by atoms with Gasteiger partial charge in [-0.2, -0.15) is 13.2 Å². The van der Waals surface area contributed by atoms with Crippen LogP contribution in [0.5, 0.6) is 0 Å². The van der Waals surface area contributed by atoms with Gasteiger partial charge < -0.3 is 4.74 Å². The summed E-state index contributed by atoms with van der Waals surface area (Å²) in [4.78, 5) is 11.7. The molecule has 2 nitrogen and oxygen atoms in total. The zero-order valence-electron chi connectivity index (χ0n) is 10.7. The Labute approximate surface area is 119 Å². The maximum Gasteiger partial charge on any atom is 0.391 e. The van der Waals surface area contributed by atoms with Crippen molar-refractivity contribution < 1.29 is 22.7 Å². The van der Waals surface area contributed by atoms with Crippen molar-refractivity contribution in [3.63, 3.8) is 0 Å². The molecule has 1 spiro atoms. The summed E-state index contributed by atoms with van der Waals surface area (Å²) in [7, 11) is 1.24. The van der Waals surface area contributed by atoms with E-state index in [0.717, 1.165) is 17.9 Å². The van der Waals surface area contributed by atoms with E-state index in [1.165, 1.54) is 7.11 Å². The Morgan fingerprint density at radius 3 is 2.42 bits per heavy atom. The molecule has 0 aromatic carbocycles. The van der Waals surface area contributed by atoms with E-state index in [0.29, 0.717) is 6.42 Å². The van der Waals surface area contributed by atoms with Crippen molar-refractivity contribution in [3.05, 3.63) is 0 Å². The molecule has 1 heterocycles. The maximum absolute atomic E-state index is 13.0. The Balaban J connectivity index is 2.18. The first-order valence-corrected chi connectivity index (χ1v) is 8.26. The number of halogens is 3. The molecule has 0 N–H and O–H groups in total. The van der Waals surface area contributed by atoms with Crippen LogP contribution in [-0.2, 0) is 9.53 Å². The normalized spacial score (nSPS) is 31.2. The summed E-state index contributed by atoms with van der Waals surface area (Å²) in [6.45, 7) is 0. The highest BCUT2D eigenvalue weighted by Gasteiger charge is 2.53. The number of esters is 1. The number of hydrogen-bond acceptors (Lipinski definition) is 4. The zero-order valence-corrected chi connectivity index (χ0v) is 12.3. The second-order valence-corrected chi connectivity index (χ2v) is 8.28. The average molecular weight is 314 g/mol. The third-order valence-electron chi connectivity index (χ3n) is 3.70. The highest BCUT2D eigenvalue weighted by Crippen LogP contribution is 2.57. The molecule has 7 heteroatoms. The maximum atomic E-state index is 13.0. The van der Waals surface area contributed by atoms with Crippen molar-refractivity contribution in [2.75, 3.05) is 18.6 Å². The number of hydrogen-bond donors (Lipinski definition) is 0. The SMILES string of the molecule is COC(=O)[C@H]1C[C@H](C(F)(F)F)CC2(C1)SCCCS2. The lowest BCUT2D eigenvalue weighted by molar-refractivity contribution is -0.188. The fourth-order valence-corrected chi connectivity index (χ4v) is 6.41. The largest absolute Gasteiger partial charge is 0.469 e. The summed E-state index contributed by atoms with van der Waals surface area (Å²) in [5.41, 5.74) is 0. The van der Waals surface area contributed by atoms with Crippen LogP contribution in [0.15, 0.2) is 0 Å². The molecule has 19 heavy (non-hydrogen) atoms. The summed E-state index contributed by atoms with van der Waals surface area (Å²) in [5, 5.41) is 0. The highest BCUT2D eigenvalue weighted by molar-refractivity contribution is 8.18. The Bertz CT molecular complexity index is 340. The van der Waals surface area contributed by atoms with E-state index < -0.39 is 28.1 Å². The molecule has 0 aromatic heterocycles. The summed E-state index contributed by atoms with van der Waals surface area (Å²) in [5.74, 6) is -0.747. The van der Waals surface area contributed by atoms with Crippen LogP contribution in [-0.4, -0.2) is 34.8 Å². The van der Waals surface area contributed by atoms with Crippen molar-refractivity contribution in [1.82, 2.24) is 0 Å². The highest BCUT2D eigenvalue weighted by atomic mass is 32.2. The first kappa shape index (κ1) is 15.4. The molecule has 1 aliphatic heterocycles. The van der Waals surface area contributed by atoms with E-state index in [1.54, 1.807) is 23.5 Å². The predicted octanol–water partition coefficient (Wildman–Crippen LogP) is 3.70. The quantitative estimate of drug-likeness (QED) is 0.689. The Hall–Kier alpha value is -0.0400. The van der Waals surface area contributed by atoms with Gasteiger partial charge in [0, 0.05) is 0 Å². The summed E-state index contributed by atoms with van der Waals surface area (Å²) < 4.78 is 43.4. The molecule has 2 rings (SSSR count). The van der Waals surface area contributed by atoms with Gasteiger partial charge in [0.05, 0.1) is 23.0 Å². The number of alkyl halides is 3. The number of ether oxygens (including phenoxy) is 1. The van der Waals surface area contributed by atoms with Crippen molar-refractivity contribution in [2.45, 2.75) is 35.9 Å². The number of carbonyl (C=O) groups is 1. The van der Waals surface area contributed by atoms with E-state index in [1.807, 2.05) is 0 Å². The van der Waals surface area contributed by atoms with E-state index in [2.05, 4.69) is 4.74 Å². The smallest absolute Gasteiger partial charge is 0.391 e. The van der Waals surface area contributed by atoms with Gasteiger partial charge in [-0.1, -0.05) is 0 Å².